The summed E-state index contributed by atoms with van der Waals surface area (Å²) in [5.41, 5.74) is 1.82. The molecule has 0 bridgehead atoms. The van der Waals surface area contributed by atoms with Crippen LogP contribution in [0.3, 0.4) is 0 Å². The van der Waals surface area contributed by atoms with Crippen molar-refractivity contribution in [3.8, 4) is 0 Å². The van der Waals surface area contributed by atoms with Gasteiger partial charge < -0.3 is 9.64 Å². The lowest BCUT2D eigenvalue weighted by Gasteiger charge is -2.22. The van der Waals surface area contributed by atoms with Crippen LogP contribution in [0.25, 0.3) is 0 Å². The van der Waals surface area contributed by atoms with Gasteiger partial charge in [-0.25, -0.2) is 4.79 Å². The van der Waals surface area contributed by atoms with Gasteiger partial charge in [-0.1, -0.05) is 26.0 Å². The van der Waals surface area contributed by atoms with Gasteiger partial charge in [-0.2, -0.15) is 0 Å². The number of carbonyl (C=O) groups excluding carboxylic acids is 2. The number of nitrogens with zero attached hydrogens (tertiary/aromatic N) is 1. The van der Waals surface area contributed by atoms with Crippen LogP contribution in [0.5, 0.6) is 0 Å². The zero-order chi connectivity index (χ0) is 15.2. The first-order chi connectivity index (χ1) is 10.2. The molecule has 5 heteroatoms. The number of thioether (sulfide) groups is 1. The van der Waals surface area contributed by atoms with E-state index in [0.717, 1.165) is 12.8 Å². The number of rotatable bonds is 5. The van der Waals surface area contributed by atoms with E-state index in [1.54, 1.807) is 16.7 Å². The Hall–Kier alpha value is -1.49. The first-order valence-corrected chi connectivity index (χ1v) is 8.47. The molecule has 0 radical (unpaired) electrons. The molecule has 1 saturated heterocycles. The third-order valence-electron chi connectivity index (χ3n) is 3.47. The molecule has 0 N–H and O–H groups in total. The van der Waals surface area contributed by atoms with Gasteiger partial charge in [0.1, 0.15) is 6.04 Å². The summed E-state index contributed by atoms with van der Waals surface area (Å²) >= 11 is 1.59. The molecule has 0 saturated carbocycles. The Balaban J connectivity index is 2.07. The van der Waals surface area contributed by atoms with Crippen LogP contribution >= 0.6 is 11.8 Å². The summed E-state index contributed by atoms with van der Waals surface area (Å²) < 4.78 is 5.18. The molecular weight excluding hydrogens is 286 g/mol. The fraction of sp³-hybridized carbons (Fsp3) is 0.500. The number of ether oxygens (including phenoxy) is 1. The van der Waals surface area contributed by atoms with Crippen LogP contribution in [0, 0.1) is 0 Å². The zero-order valence-corrected chi connectivity index (χ0v) is 13.3. The van der Waals surface area contributed by atoms with E-state index in [9.17, 15) is 9.59 Å². The Morgan fingerprint density at radius 3 is 2.62 bits per heavy atom. The Morgan fingerprint density at radius 2 is 2.00 bits per heavy atom. The zero-order valence-electron chi connectivity index (χ0n) is 12.5. The minimum Gasteiger partial charge on any atom is -0.464 e. The summed E-state index contributed by atoms with van der Waals surface area (Å²) in [5, 5.41) is 0. The molecule has 1 unspecified atom stereocenters. The molecule has 0 aromatic heterocycles. The number of hydrogen-bond donors (Lipinski definition) is 0. The molecule has 1 heterocycles. The van der Waals surface area contributed by atoms with Crippen molar-refractivity contribution in [2.75, 3.05) is 18.2 Å². The highest BCUT2D eigenvalue weighted by atomic mass is 32.2. The van der Waals surface area contributed by atoms with Gasteiger partial charge in [0.15, 0.2) is 0 Å². The molecule has 2 rings (SSSR count). The lowest BCUT2D eigenvalue weighted by Crippen LogP contribution is -2.42. The van der Waals surface area contributed by atoms with Gasteiger partial charge in [0.25, 0.3) is 5.91 Å². The maximum absolute atomic E-state index is 12.5. The van der Waals surface area contributed by atoms with E-state index in [1.807, 2.05) is 31.2 Å². The summed E-state index contributed by atoms with van der Waals surface area (Å²) in [6.45, 7) is 4.44. The summed E-state index contributed by atoms with van der Waals surface area (Å²) in [7, 11) is 0. The molecular formula is C16H21NO3S. The van der Waals surface area contributed by atoms with E-state index in [0.29, 0.717) is 23.8 Å². The third kappa shape index (κ3) is 3.79. The molecule has 0 spiro atoms. The van der Waals surface area contributed by atoms with Crippen LogP contribution in [0.2, 0.25) is 0 Å². The Bertz CT molecular complexity index is 501. The number of hydrogen-bond acceptors (Lipinski definition) is 4. The van der Waals surface area contributed by atoms with Crippen molar-refractivity contribution in [1.82, 2.24) is 4.90 Å². The van der Waals surface area contributed by atoms with Gasteiger partial charge in [0.2, 0.25) is 0 Å². The minimum absolute atomic E-state index is 0.0962. The smallest absolute Gasteiger partial charge is 0.329 e. The van der Waals surface area contributed by atoms with Crippen LogP contribution in [-0.2, 0) is 16.0 Å². The summed E-state index contributed by atoms with van der Waals surface area (Å²) in [6.07, 6.45) is 1.73. The largest absolute Gasteiger partial charge is 0.464 e. The van der Waals surface area contributed by atoms with Crippen molar-refractivity contribution in [2.45, 2.75) is 32.7 Å². The molecule has 1 aliphatic rings. The SMILES string of the molecule is CCCOC(=O)C1CSCN1C(=O)c1ccc(CC)cc1. The summed E-state index contributed by atoms with van der Waals surface area (Å²) in [6, 6.07) is 7.12. The first-order valence-electron chi connectivity index (χ1n) is 7.31. The molecule has 0 aliphatic carbocycles. The highest BCUT2D eigenvalue weighted by molar-refractivity contribution is 7.99. The maximum atomic E-state index is 12.5. The molecule has 1 amide bonds. The Labute approximate surface area is 129 Å². The number of benzene rings is 1. The quantitative estimate of drug-likeness (QED) is 0.785. The fourth-order valence-electron chi connectivity index (χ4n) is 2.19. The van der Waals surface area contributed by atoms with E-state index >= 15 is 0 Å². The van der Waals surface area contributed by atoms with Crippen molar-refractivity contribution < 1.29 is 14.3 Å². The van der Waals surface area contributed by atoms with Crippen molar-refractivity contribution >= 4 is 23.6 Å². The average molecular weight is 307 g/mol. The first kappa shape index (κ1) is 15.9. The van der Waals surface area contributed by atoms with Crippen LogP contribution in [0.1, 0.15) is 36.2 Å². The molecule has 1 aliphatic heterocycles. The molecule has 21 heavy (non-hydrogen) atoms. The van der Waals surface area contributed by atoms with Crippen LogP contribution < -0.4 is 0 Å². The normalized spacial score (nSPS) is 17.8. The predicted molar refractivity (Wildman–Crippen MR) is 84.4 cm³/mol. The van der Waals surface area contributed by atoms with Crippen molar-refractivity contribution in [2.24, 2.45) is 0 Å². The predicted octanol–water partition coefficient (Wildman–Crippen LogP) is 2.72. The van der Waals surface area contributed by atoms with Crippen LogP contribution in [0.4, 0.5) is 0 Å². The molecule has 1 fully saturated rings. The molecule has 1 aromatic rings. The molecule has 114 valence electrons. The molecule has 4 nitrogen and oxygen atoms in total. The number of carbonyl (C=O) groups is 2. The highest BCUT2D eigenvalue weighted by Gasteiger charge is 2.36. The van der Waals surface area contributed by atoms with Gasteiger partial charge in [0, 0.05) is 11.3 Å². The van der Waals surface area contributed by atoms with E-state index in [1.165, 1.54) is 5.56 Å². The Morgan fingerprint density at radius 1 is 1.29 bits per heavy atom. The van der Waals surface area contributed by atoms with E-state index in [2.05, 4.69) is 6.92 Å². The van der Waals surface area contributed by atoms with Crippen LogP contribution in [0.15, 0.2) is 24.3 Å². The van der Waals surface area contributed by atoms with E-state index in [-0.39, 0.29) is 11.9 Å². The average Bonchev–Trinajstić information content (AvgIpc) is 3.01. The van der Waals surface area contributed by atoms with Gasteiger partial charge in [0.05, 0.1) is 12.5 Å². The van der Waals surface area contributed by atoms with Crippen molar-refractivity contribution in [3.05, 3.63) is 35.4 Å². The number of amides is 1. The van der Waals surface area contributed by atoms with Gasteiger partial charge >= 0.3 is 5.97 Å². The summed E-state index contributed by atoms with van der Waals surface area (Å²) in [4.78, 5) is 26.2. The lowest BCUT2D eigenvalue weighted by molar-refractivity contribution is -0.147. The lowest BCUT2D eigenvalue weighted by atomic mass is 10.1. The van der Waals surface area contributed by atoms with Gasteiger partial charge in [-0.15, -0.1) is 11.8 Å². The minimum atomic E-state index is -0.458. The maximum Gasteiger partial charge on any atom is 0.329 e. The van der Waals surface area contributed by atoms with E-state index < -0.39 is 6.04 Å². The second-order valence-electron chi connectivity index (χ2n) is 5.01. The summed E-state index contributed by atoms with van der Waals surface area (Å²) in [5.74, 6) is 0.767. The monoisotopic (exact) mass is 307 g/mol. The van der Waals surface area contributed by atoms with Crippen molar-refractivity contribution in [1.29, 1.82) is 0 Å². The second-order valence-corrected chi connectivity index (χ2v) is 6.01. The van der Waals surface area contributed by atoms with Gasteiger partial charge in [-0.05, 0) is 30.5 Å². The molecule has 1 atom stereocenters. The standard InChI is InChI=1S/C16H21NO3S/c1-3-9-20-16(19)14-10-21-11-17(14)15(18)13-7-5-12(4-2)6-8-13/h5-8,14H,3-4,9-11H2,1-2H3. The van der Waals surface area contributed by atoms with Crippen LogP contribution in [-0.4, -0.2) is 41.1 Å². The van der Waals surface area contributed by atoms with Crippen molar-refractivity contribution in [3.63, 3.8) is 0 Å². The topological polar surface area (TPSA) is 46.6 Å². The fourth-order valence-corrected chi connectivity index (χ4v) is 3.32. The number of esters is 1. The second kappa shape index (κ2) is 7.50. The third-order valence-corrected chi connectivity index (χ3v) is 4.49. The van der Waals surface area contributed by atoms with E-state index in [4.69, 9.17) is 4.74 Å². The molecule has 1 aromatic carbocycles. The Kier molecular flexibility index (Phi) is 5.67. The highest BCUT2D eigenvalue weighted by Crippen LogP contribution is 2.24. The number of aryl methyl sites for hydroxylation is 1. The van der Waals surface area contributed by atoms with Gasteiger partial charge in [-0.3, -0.25) is 4.79 Å².